The van der Waals surface area contributed by atoms with E-state index in [0.717, 1.165) is 51.6 Å². The molecule has 10 nitrogen and oxygen atoms in total. The summed E-state index contributed by atoms with van der Waals surface area (Å²) in [4.78, 5) is 33.6. The Morgan fingerprint density at radius 3 is 2.63 bits per heavy atom. The largest absolute Gasteiger partial charge is 0.482 e. The molecule has 1 aromatic carbocycles. The van der Waals surface area contributed by atoms with Gasteiger partial charge in [0.2, 0.25) is 5.82 Å². The molecule has 1 atom stereocenters. The van der Waals surface area contributed by atoms with Crippen LogP contribution in [0.3, 0.4) is 0 Å². The minimum atomic E-state index is -1.02. The van der Waals surface area contributed by atoms with Crippen LogP contribution in [-0.2, 0) is 14.4 Å². The standard InChI is InChI=1S/C25H26Cl2FN5O5/c1-14(22-19(26)4-5-20(28)23(22)27)37-21-10-16(11-30-24(21)33(25(35)36-3)38-15(2)34)17-12-31-32(13-17)18-6-8-29-9-7-18/h4-5,10-14,18,29H,6-9H2,1-3H3/t14-/m1/s1. The van der Waals surface area contributed by atoms with Crippen molar-refractivity contribution in [3.8, 4) is 16.9 Å². The van der Waals surface area contributed by atoms with Crippen molar-refractivity contribution in [1.29, 1.82) is 0 Å². The number of aromatic nitrogens is 3. The molecule has 1 fully saturated rings. The number of nitrogens with zero attached hydrogens (tertiary/aromatic N) is 4. The number of amides is 1. The smallest absolute Gasteiger partial charge is 0.449 e. The van der Waals surface area contributed by atoms with Crippen LogP contribution in [0.25, 0.3) is 11.1 Å². The normalized spacial score (nSPS) is 14.6. The Balaban J connectivity index is 1.75. The summed E-state index contributed by atoms with van der Waals surface area (Å²) in [5.74, 6) is -1.61. The number of carbonyl (C=O) groups is 2. The molecular formula is C25H26Cl2FN5O5. The van der Waals surface area contributed by atoms with Gasteiger partial charge in [0.1, 0.15) is 11.9 Å². The molecule has 4 rings (SSSR count). The summed E-state index contributed by atoms with van der Waals surface area (Å²) in [6, 6.07) is 4.38. The number of ether oxygens (including phenoxy) is 2. The monoisotopic (exact) mass is 565 g/mol. The molecule has 1 amide bonds. The number of anilines is 1. The Bertz CT molecular complexity index is 1330. The van der Waals surface area contributed by atoms with E-state index in [0.29, 0.717) is 10.6 Å². The van der Waals surface area contributed by atoms with Gasteiger partial charge in [0.25, 0.3) is 0 Å². The lowest BCUT2D eigenvalue weighted by molar-refractivity contribution is -0.141. The molecule has 1 aliphatic heterocycles. The van der Waals surface area contributed by atoms with Gasteiger partial charge in [-0.2, -0.15) is 5.10 Å². The van der Waals surface area contributed by atoms with Gasteiger partial charge in [-0.3, -0.25) is 4.68 Å². The average molecular weight is 566 g/mol. The van der Waals surface area contributed by atoms with Gasteiger partial charge in [-0.1, -0.05) is 28.3 Å². The summed E-state index contributed by atoms with van der Waals surface area (Å²) in [7, 11) is 1.12. The molecule has 3 heterocycles. The molecule has 13 heteroatoms. The average Bonchev–Trinajstić information content (AvgIpc) is 3.40. The number of hydrogen-bond acceptors (Lipinski definition) is 8. The number of rotatable bonds is 6. The molecule has 3 aromatic rings. The first-order chi connectivity index (χ1) is 18.2. The highest BCUT2D eigenvalue weighted by Crippen LogP contribution is 2.39. The maximum atomic E-state index is 14.2. The third kappa shape index (κ3) is 6.01. The van der Waals surface area contributed by atoms with Crippen LogP contribution in [0, 0.1) is 5.82 Å². The van der Waals surface area contributed by atoms with E-state index in [1.165, 1.54) is 12.3 Å². The van der Waals surface area contributed by atoms with Gasteiger partial charge in [0.05, 0.1) is 24.4 Å². The van der Waals surface area contributed by atoms with E-state index in [4.69, 9.17) is 37.5 Å². The predicted molar refractivity (Wildman–Crippen MR) is 139 cm³/mol. The Morgan fingerprint density at radius 1 is 1.21 bits per heavy atom. The van der Waals surface area contributed by atoms with Crippen molar-refractivity contribution in [3.05, 3.63) is 58.2 Å². The van der Waals surface area contributed by atoms with E-state index in [9.17, 15) is 14.0 Å². The maximum Gasteiger partial charge on any atom is 0.449 e. The molecule has 1 aliphatic rings. The zero-order chi connectivity index (χ0) is 27.4. The Morgan fingerprint density at radius 2 is 1.95 bits per heavy atom. The zero-order valence-corrected chi connectivity index (χ0v) is 22.4. The molecule has 1 saturated heterocycles. The van der Waals surface area contributed by atoms with Crippen LogP contribution >= 0.6 is 23.2 Å². The predicted octanol–water partition coefficient (Wildman–Crippen LogP) is 5.51. The summed E-state index contributed by atoms with van der Waals surface area (Å²) >= 11 is 12.5. The van der Waals surface area contributed by atoms with Crippen molar-refractivity contribution in [2.45, 2.75) is 38.8 Å². The number of methoxy groups -OCH3 is 1. The Labute approximate surface area is 228 Å². The van der Waals surface area contributed by atoms with Crippen molar-refractivity contribution < 1.29 is 28.3 Å². The second kappa shape index (κ2) is 12.0. The van der Waals surface area contributed by atoms with Crippen molar-refractivity contribution in [2.75, 3.05) is 25.3 Å². The van der Waals surface area contributed by atoms with E-state index >= 15 is 0 Å². The lowest BCUT2D eigenvalue weighted by Gasteiger charge is -2.24. The molecule has 0 spiro atoms. The van der Waals surface area contributed by atoms with Crippen LogP contribution in [0.4, 0.5) is 15.0 Å². The lowest BCUT2D eigenvalue weighted by Crippen LogP contribution is -2.34. The van der Waals surface area contributed by atoms with Gasteiger partial charge in [-0.25, -0.2) is 19.0 Å². The number of halogens is 3. The van der Waals surface area contributed by atoms with Gasteiger partial charge in [-0.15, -0.1) is 0 Å². The van der Waals surface area contributed by atoms with Crippen molar-refractivity contribution in [1.82, 2.24) is 20.1 Å². The van der Waals surface area contributed by atoms with E-state index in [1.54, 1.807) is 19.2 Å². The number of hydrogen-bond donors (Lipinski definition) is 1. The van der Waals surface area contributed by atoms with E-state index in [-0.39, 0.29) is 33.2 Å². The number of nitrogens with one attached hydrogen (secondary N) is 1. The summed E-state index contributed by atoms with van der Waals surface area (Å²) in [6.45, 7) is 4.55. The molecule has 0 unspecified atom stereocenters. The quantitative estimate of drug-likeness (QED) is 0.308. The fourth-order valence-electron chi connectivity index (χ4n) is 4.14. The lowest BCUT2D eigenvalue weighted by atomic mass is 10.1. The summed E-state index contributed by atoms with van der Waals surface area (Å²) in [5, 5.41) is 8.39. The molecule has 2 aromatic heterocycles. The van der Waals surface area contributed by atoms with Crippen LogP contribution in [-0.4, -0.2) is 47.0 Å². The van der Waals surface area contributed by atoms with Gasteiger partial charge in [0.15, 0.2) is 5.75 Å². The van der Waals surface area contributed by atoms with Crippen LogP contribution in [0.2, 0.25) is 10.0 Å². The second-order valence-corrected chi connectivity index (χ2v) is 9.39. The summed E-state index contributed by atoms with van der Waals surface area (Å²) in [5.41, 5.74) is 1.56. The molecule has 0 aliphatic carbocycles. The highest BCUT2D eigenvalue weighted by molar-refractivity contribution is 6.36. The number of carbonyl (C=O) groups excluding carboxylic acids is 2. The van der Waals surface area contributed by atoms with Gasteiger partial charge >= 0.3 is 12.1 Å². The van der Waals surface area contributed by atoms with Crippen LogP contribution in [0.5, 0.6) is 5.75 Å². The number of piperidine rings is 1. The van der Waals surface area contributed by atoms with Gasteiger partial charge < -0.3 is 19.6 Å². The number of hydroxylamine groups is 1. The molecule has 38 heavy (non-hydrogen) atoms. The third-order valence-corrected chi connectivity index (χ3v) is 6.71. The van der Waals surface area contributed by atoms with E-state index in [1.807, 2.05) is 10.9 Å². The van der Waals surface area contributed by atoms with Crippen LogP contribution < -0.4 is 15.1 Å². The molecule has 202 valence electrons. The second-order valence-electron chi connectivity index (χ2n) is 8.60. The first kappa shape index (κ1) is 27.6. The Hall–Kier alpha value is -3.41. The van der Waals surface area contributed by atoms with Crippen LogP contribution in [0.1, 0.15) is 44.4 Å². The molecular weight excluding hydrogens is 540 g/mol. The van der Waals surface area contributed by atoms with Crippen molar-refractivity contribution >= 4 is 41.1 Å². The highest BCUT2D eigenvalue weighted by Gasteiger charge is 2.29. The summed E-state index contributed by atoms with van der Waals surface area (Å²) < 4.78 is 27.0. The first-order valence-corrected chi connectivity index (χ1v) is 12.6. The maximum absolute atomic E-state index is 14.2. The van der Waals surface area contributed by atoms with Crippen molar-refractivity contribution in [3.63, 3.8) is 0 Å². The van der Waals surface area contributed by atoms with Gasteiger partial charge in [0, 0.05) is 41.0 Å². The van der Waals surface area contributed by atoms with E-state index in [2.05, 4.69) is 15.4 Å². The minimum absolute atomic E-state index is 0.0210. The van der Waals surface area contributed by atoms with E-state index < -0.39 is 24.0 Å². The molecule has 0 saturated carbocycles. The molecule has 1 N–H and O–H groups in total. The molecule has 0 bridgehead atoms. The minimum Gasteiger partial charge on any atom is -0.482 e. The van der Waals surface area contributed by atoms with Gasteiger partial charge in [-0.05, 0) is 51.1 Å². The number of benzene rings is 1. The Kier molecular flexibility index (Phi) is 8.70. The molecule has 0 radical (unpaired) electrons. The third-order valence-electron chi connectivity index (χ3n) is 5.99. The fourth-order valence-corrected chi connectivity index (χ4v) is 4.81. The summed E-state index contributed by atoms with van der Waals surface area (Å²) in [6.07, 6.45) is 5.10. The fraction of sp³-hybridized carbons (Fsp3) is 0.360. The zero-order valence-electron chi connectivity index (χ0n) is 20.9. The van der Waals surface area contributed by atoms with Crippen molar-refractivity contribution in [2.24, 2.45) is 0 Å². The van der Waals surface area contributed by atoms with Crippen LogP contribution in [0.15, 0.2) is 36.8 Å². The topological polar surface area (TPSA) is 108 Å². The first-order valence-electron chi connectivity index (χ1n) is 11.8. The number of pyridine rings is 1. The SMILES string of the molecule is COC(=O)N(OC(C)=O)c1ncc(-c2cnn(C3CCNCC3)c2)cc1O[C@H](C)c1c(Cl)ccc(F)c1Cl. The highest BCUT2D eigenvalue weighted by atomic mass is 35.5.